The number of non-ortho nitro benzene ring substituents is 1. The van der Waals surface area contributed by atoms with Crippen molar-refractivity contribution in [2.24, 2.45) is 0 Å². The molecule has 8 rings (SSSR count). The smallest absolute Gasteiger partial charge is 0.269 e. The standard InChI is InChI=1S/C15H9N5O5S2.C15H14N4O/c21-10-8-7(5-1-3-6(4-2-5)20(23)24)9-11(22)17-15(27)19-13(9)25-12(8)18-14(26)16-10;1-9-6-8-17-14-12(9)18-15(20)11-3-2-7-16-13(11)19(14)10-4-5-10/h1-4,7H,(H2,16,18,21,26)(H2,17,19,22,27);2-3,6-8,10H,4-5H2,1H3,(H,18,20). The molecule has 1 aliphatic carbocycles. The lowest BCUT2D eigenvalue weighted by molar-refractivity contribution is -0.384. The van der Waals surface area contributed by atoms with Crippen molar-refractivity contribution in [3.63, 3.8) is 0 Å². The molecule has 0 unspecified atom stereocenters. The van der Waals surface area contributed by atoms with E-state index >= 15 is 0 Å². The average Bonchev–Trinajstić information content (AvgIpc) is 3.88. The van der Waals surface area contributed by atoms with E-state index in [9.17, 15) is 24.5 Å². The summed E-state index contributed by atoms with van der Waals surface area (Å²) in [6.07, 6.45) is 5.73. The zero-order chi connectivity index (χ0) is 33.0. The minimum atomic E-state index is -0.851. The van der Waals surface area contributed by atoms with Crippen LogP contribution in [0.3, 0.4) is 0 Å². The van der Waals surface area contributed by atoms with Gasteiger partial charge in [0.2, 0.25) is 11.8 Å². The quantitative estimate of drug-likeness (QED) is 0.0960. The second-order valence-corrected chi connectivity index (χ2v) is 11.8. The van der Waals surface area contributed by atoms with Gasteiger partial charge in [-0.15, -0.1) is 0 Å². The van der Waals surface area contributed by atoms with Crippen LogP contribution in [0, 0.1) is 26.6 Å². The second kappa shape index (κ2) is 11.5. The molecule has 6 heterocycles. The summed E-state index contributed by atoms with van der Waals surface area (Å²) >= 11 is 9.94. The van der Waals surface area contributed by atoms with E-state index in [1.54, 1.807) is 18.5 Å². The van der Waals surface area contributed by atoms with Gasteiger partial charge in [-0.3, -0.25) is 34.5 Å². The van der Waals surface area contributed by atoms with Crippen LogP contribution in [0.25, 0.3) is 0 Å². The van der Waals surface area contributed by atoms with Gasteiger partial charge in [0.25, 0.3) is 22.7 Å². The molecule has 0 bridgehead atoms. The molecule has 236 valence electrons. The van der Waals surface area contributed by atoms with Gasteiger partial charge in [-0.05, 0) is 73.5 Å². The molecule has 5 aromatic rings. The number of aryl methyl sites for hydroxylation is 1. The largest absolute Gasteiger partial charge is 0.423 e. The Morgan fingerprint density at radius 2 is 1.49 bits per heavy atom. The molecule has 0 spiro atoms. The van der Waals surface area contributed by atoms with Crippen molar-refractivity contribution in [3.05, 3.63) is 123 Å². The van der Waals surface area contributed by atoms with Crippen LogP contribution in [0.15, 0.2) is 64.4 Å². The summed E-state index contributed by atoms with van der Waals surface area (Å²) in [5.74, 6) is 0.679. The topological polar surface area (TPSA) is 208 Å². The number of ether oxygens (including phenoxy) is 1. The van der Waals surface area contributed by atoms with Crippen LogP contribution in [-0.2, 0) is 0 Å². The third-order valence-corrected chi connectivity index (χ3v) is 8.29. The molecule has 17 heteroatoms. The molecule has 2 aliphatic heterocycles. The van der Waals surface area contributed by atoms with Crippen molar-refractivity contribution < 1.29 is 14.5 Å². The summed E-state index contributed by atoms with van der Waals surface area (Å²) in [4.78, 5) is 69.3. The predicted octanol–water partition coefficient (Wildman–Crippen LogP) is 5.02. The number of rotatable bonds is 3. The Kier molecular flexibility index (Phi) is 7.32. The molecule has 1 aromatic carbocycles. The number of carbonyl (C=O) groups excluding carboxylic acids is 1. The molecule has 47 heavy (non-hydrogen) atoms. The van der Waals surface area contributed by atoms with Gasteiger partial charge in [0, 0.05) is 30.6 Å². The SMILES string of the molecule is Cc1ccnc2c1NC(=O)c1cccnc1N2C1CC1.O=c1[nH]c(=S)[nH]c2c1C(c1ccc([N+](=O)[O-])cc1)c1c([nH]c(=S)[nH]c1=O)O2. The van der Waals surface area contributed by atoms with E-state index in [-0.39, 0.29) is 44.0 Å². The Morgan fingerprint density at radius 3 is 2.09 bits per heavy atom. The van der Waals surface area contributed by atoms with Crippen LogP contribution in [0.5, 0.6) is 11.8 Å². The summed E-state index contributed by atoms with van der Waals surface area (Å²) in [6, 6.07) is 11.4. The van der Waals surface area contributed by atoms with Crippen LogP contribution in [0.1, 0.15) is 51.4 Å². The summed E-state index contributed by atoms with van der Waals surface area (Å²) in [5, 5.41) is 13.9. The molecular formula is C30H23N9O6S2. The molecular weight excluding hydrogens is 647 g/mol. The van der Waals surface area contributed by atoms with Crippen LogP contribution >= 0.6 is 24.4 Å². The number of fused-ring (bicyclic) bond motifs is 4. The second-order valence-electron chi connectivity index (χ2n) is 10.9. The number of amides is 1. The molecule has 0 atom stereocenters. The Hall–Kier alpha value is -5.81. The van der Waals surface area contributed by atoms with Gasteiger partial charge in [0.05, 0.1) is 33.2 Å². The highest BCUT2D eigenvalue weighted by molar-refractivity contribution is 7.71. The number of aromatic amines is 4. The molecule has 3 aliphatic rings. The minimum absolute atomic E-state index is 0.0492. The first-order chi connectivity index (χ1) is 22.6. The number of H-pyrrole nitrogens is 4. The zero-order valence-electron chi connectivity index (χ0n) is 24.3. The lowest BCUT2D eigenvalue weighted by atomic mass is 9.85. The normalized spacial score (nSPS) is 14.6. The fourth-order valence-electron chi connectivity index (χ4n) is 5.61. The highest BCUT2D eigenvalue weighted by Gasteiger charge is 2.38. The number of anilines is 3. The molecule has 1 amide bonds. The lowest BCUT2D eigenvalue weighted by Crippen LogP contribution is -2.29. The van der Waals surface area contributed by atoms with E-state index in [2.05, 4.69) is 40.1 Å². The highest BCUT2D eigenvalue weighted by atomic mass is 32.1. The van der Waals surface area contributed by atoms with E-state index in [0.717, 1.165) is 29.9 Å². The van der Waals surface area contributed by atoms with Crippen LogP contribution < -0.4 is 26.1 Å². The first-order valence-electron chi connectivity index (χ1n) is 14.3. The van der Waals surface area contributed by atoms with Crippen molar-refractivity contribution in [1.29, 1.82) is 0 Å². The number of aromatic nitrogens is 6. The molecule has 5 N–H and O–H groups in total. The molecule has 0 saturated heterocycles. The summed E-state index contributed by atoms with van der Waals surface area (Å²) in [6.45, 7) is 1.98. The lowest BCUT2D eigenvalue weighted by Gasteiger charge is -2.25. The van der Waals surface area contributed by atoms with Crippen LogP contribution in [0.2, 0.25) is 0 Å². The van der Waals surface area contributed by atoms with E-state index in [4.69, 9.17) is 29.2 Å². The zero-order valence-corrected chi connectivity index (χ0v) is 26.0. The summed E-state index contributed by atoms with van der Waals surface area (Å²) in [5.41, 5.74) is 1.96. The van der Waals surface area contributed by atoms with Gasteiger partial charge >= 0.3 is 0 Å². The van der Waals surface area contributed by atoms with E-state index in [1.165, 1.54) is 24.3 Å². The Balaban J connectivity index is 0.000000156. The number of carbonyl (C=O) groups is 1. The van der Waals surface area contributed by atoms with Gasteiger partial charge in [-0.2, -0.15) is 0 Å². The predicted molar refractivity (Wildman–Crippen MR) is 175 cm³/mol. The third kappa shape index (κ3) is 5.40. The number of pyridine rings is 2. The van der Waals surface area contributed by atoms with Crippen molar-refractivity contribution in [3.8, 4) is 11.8 Å². The summed E-state index contributed by atoms with van der Waals surface area (Å²) in [7, 11) is 0. The number of hydrogen-bond donors (Lipinski definition) is 5. The van der Waals surface area contributed by atoms with Gasteiger partial charge in [-0.25, -0.2) is 9.97 Å². The van der Waals surface area contributed by atoms with Crippen molar-refractivity contribution in [2.45, 2.75) is 31.7 Å². The van der Waals surface area contributed by atoms with Crippen molar-refractivity contribution in [1.82, 2.24) is 29.9 Å². The minimum Gasteiger partial charge on any atom is -0.423 e. The first-order valence-corrected chi connectivity index (χ1v) is 15.1. The number of nitrogens with one attached hydrogen (secondary N) is 5. The van der Waals surface area contributed by atoms with E-state index in [1.807, 2.05) is 19.1 Å². The van der Waals surface area contributed by atoms with Crippen LogP contribution in [-0.4, -0.2) is 46.8 Å². The number of nitrogens with zero attached hydrogens (tertiary/aromatic N) is 4. The maximum absolute atomic E-state index is 12.6. The fraction of sp³-hybridized carbons (Fsp3) is 0.167. The van der Waals surface area contributed by atoms with Crippen molar-refractivity contribution in [2.75, 3.05) is 10.2 Å². The Labute approximate surface area is 273 Å². The maximum atomic E-state index is 12.6. The first kappa shape index (κ1) is 29.9. The summed E-state index contributed by atoms with van der Waals surface area (Å²) < 4.78 is 5.72. The van der Waals surface area contributed by atoms with Gasteiger partial charge in [0.15, 0.2) is 15.4 Å². The van der Waals surface area contributed by atoms with E-state index < -0.39 is 22.0 Å². The van der Waals surface area contributed by atoms with Gasteiger partial charge in [-0.1, -0.05) is 12.1 Å². The molecule has 15 nitrogen and oxygen atoms in total. The molecule has 1 saturated carbocycles. The maximum Gasteiger partial charge on any atom is 0.269 e. The van der Waals surface area contributed by atoms with Crippen molar-refractivity contribution >= 4 is 53.4 Å². The Bertz CT molecular complexity index is 2270. The average molecular weight is 670 g/mol. The molecule has 4 aromatic heterocycles. The van der Waals surface area contributed by atoms with Gasteiger partial charge in [0.1, 0.15) is 5.82 Å². The van der Waals surface area contributed by atoms with Gasteiger partial charge < -0.3 is 24.9 Å². The monoisotopic (exact) mass is 669 g/mol. The highest BCUT2D eigenvalue weighted by Crippen LogP contribution is 2.44. The van der Waals surface area contributed by atoms with Crippen LogP contribution in [0.4, 0.5) is 23.0 Å². The fourth-order valence-corrected chi connectivity index (χ4v) is 5.98. The Morgan fingerprint density at radius 1 is 0.872 bits per heavy atom. The number of nitro groups is 1. The third-order valence-electron chi connectivity index (χ3n) is 7.88. The van der Waals surface area contributed by atoms with E-state index in [0.29, 0.717) is 23.0 Å². The number of hydrogen-bond acceptors (Lipinski definition) is 11. The molecule has 1 fully saturated rings. The number of nitro benzene ring substituents is 1. The molecule has 0 radical (unpaired) electrons. The number of benzene rings is 1.